The van der Waals surface area contributed by atoms with Gasteiger partial charge in [-0.2, -0.15) is 0 Å². The molecule has 0 saturated carbocycles. The van der Waals surface area contributed by atoms with Crippen LogP contribution in [0.25, 0.3) is 16.6 Å². The summed E-state index contributed by atoms with van der Waals surface area (Å²) in [5, 5.41) is 0.642. The topological polar surface area (TPSA) is 34.9 Å². The van der Waals surface area contributed by atoms with Crippen LogP contribution < -0.4 is 0 Å². The number of carbonyl (C=O) groups is 1. The third-order valence-electron chi connectivity index (χ3n) is 3.82. The molecule has 90 valence electrons. The van der Waals surface area contributed by atoms with Gasteiger partial charge in [-0.1, -0.05) is 11.6 Å². The molecule has 1 aliphatic carbocycles. The maximum absolute atomic E-state index is 12.4. The quantitative estimate of drug-likeness (QED) is 0.723. The number of carbonyl (C=O) groups excluding carboxylic acids is 1. The lowest BCUT2D eigenvalue weighted by Crippen LogP contribution is -2.09. The molecule has 2 aliphatic rings. The van der Waals surface area contributed by atoms with Crippen LogP contribution in [0.3, 0.4) is 0 Å². The van der Waals surface area contributed by atoms with E-state index < -0.39 is 0 Å². The van der Waals surface area contributed by atoms with Gasteiger partial charge in [0.05, 0.1) is 11.0 Å². The van der Waals surface area contributed by atoms with Crippen LogP contribution in [0, 0.1) is 0 Å². The predicted octanol–water partition coefficient (Wildman–Crippen LogP) is 3.67. The standard InChI is InChI=1S/C14H11ClN2O/c15-8-5-6-11-12(7-8)17-13(16-11)9-3-1-2-4-10(9)14(17)18/h5-7H,1-4H2. The van der Waals surface area contributed by atoms with Gasteiger partial charge in [-0.3, -0.25) is 9.36 Å². The number of hydrogen-bond donors (Lipinski definition) is 0. The Morgan fingerprint density at radius 2 is 1.94 bits per heavy atom. The summed E-state index contributed by atoms with van der Waals surface area (Å²) in [5.41, 5.74) is 3.79. The van der Waals surface area contributed by atoms with Crippen LogP contribution in [0.1, 0.15) is 36.3 Å². The van der Waals surface area contributed by atoms with Crippen molar-refractivity contribution in [1.82, 2.24) is 9.55 Å². The first-order valence-corrected chi connectivity index (χ1v) is 6.58. The number of nitrogens with zero attached hydrogens (tertiary/aromatic N) is 2. The van der Waals surface area contributed by atoms with Crippen molar-refractivity contribution >= 4 is 34.1 Å². The molecule has 0 radical (unpaired) electrons. The van der Waals surface area contributed by atoms with E-state index in [1.54, 1.807) is 4.57 Å². The summed E-state index contributed by atoms with van der Waals surface area (Å²) in [6.45, 7) is 0. The zero-order valence-corrected chi connectivity index (χ0v) is 10.5. The molecule has 3 nitrogen and oxygen atoms in total. The summed E-state index contributed by atoms with van der Waals surface area (Å²) in [4.78, 5) is 17.0. The van der Waals surface area contributed by atoms with Gasteiger partial charge in [0.15, 0.2) is 0 Å². The molecule has 1 aromatic heterocycles. The molecular weight excluding hydrogens is 248 g/mol. The number of imidazole rings is 1. The van der Waals surface area contributed by atoms with Crippen LogP contribution in [0.5, 0.6) is 0 Å². The Labute approximate surface area is 109 Å². The van der Waals surface area contributed by atoms with Crippen molar-refractivity contribution in [3.8, 4) is 0 Å². The second-order valence-electron chi connectivity index (χ2n) is 4.87. The number of aromatic nitrogens is 2. The van der Waals surface area contributed by atoms with Crippen LogP contribution in [0.2, 0.25) is 5.02 Å². The third-order valence-corrected chi connectivity index (χ3v) is 4.05. The fourth-order valence-electron chi connectivity index (χ4n) is 2.98. The monoisotopic (exact) mass is 258 g/mol. The lowest BCUT2D eigenvalue weighted by Gasteiger charge is -2.10. The average Bonchev–Trinajstić information content (AvgIpc) is 2.87. The predicted molar refractivity (Wildman–Crippen MR) is 70.8 cm³/mol. The highest BCUT2D eigenvalue weighted by molar-refractivity contribution is 6.31. The van der Waals surface area contributed by atoms with Crippen molar-refractivity contribution < 1.29 is 4.79 Å². The Hall–Kier alpha value is -1.61. The lowest BCUT2D eigenvalue weighted by molar-refractivity contribution is 0.0961. The van der Waals surface area contributed by atoms with E-state index in [0.29, 0.717) is 5.02 Å². The molecule has 0 unspecified atom stereocenters. The Morgan fingerprint density at radius 1 is 1.17 bits per heavy atom. The van der Waals surface area contributed by atoms with E-state index in [1.807, 2.05) is 18.2 Å². The fourth-order valence-corrected chi connectivity index (χ4v) is 3.15. The molecule has 0 saturated heterocycles. The normalized spacial score (nSPS) is 18.4. The van der Waals surface area contributed by atoms with Crippen LogP contribution in [0.15, 0.2) is 23.8 Å². The molecule has 0 fully saturated rings. The van der Waals surface area contributed by atoms with Crippen molar-refractivity contribution in [1.29, 1.82) is 0 Å². The van der Waals surface area contributed by atoms with Crippen LogP contribution in [-0.4, -0.2) is 15.5 Å². The molecule has 18 heavy (non-hydrogen) atoms. The van der Waals surface area contributed by atoms with Crippen molar-refractivity contribution in [3.05, 3.63) is 34.6 Å². The molecule has 1 aliphatic heterocycles. The molecule has 4 heteroatoms. The zero-order valence-electron chi connectivity index (χ0n) is 9.74. The van der Waals surface area contributed by atoms with Gasteiger partial charge in [0, 0.05) is 16.2 Å². The van der Waals surface area contributed by atoms with Gasteiger partial charge in [0.25, 0.3) is 5.91 Å². The first-order valence-electron chi connectivity index (χ1n) is 6.21. The first kappa shape index (κ1) is 10.3. The van der Waals surface area contributed by atoms with Crippen molar-refractivity contribution in [2.45, 2.75) is 25.7 Å². The summed E-state index contributed by atoms with van der Waals surface area (Å²) < 4.78 is 1.73. The van der Waals surface area contributed by atoms with E-state index in [0.717, 1.165) is 53.7 Å². The summed E-state index contributed by atoms with van der Waals surface area (Å²) in [6.07, 6.45) is 4.11. The number of fused-ring (bicyclic) bond motifs is 4. The maximum atomic E-state index is 12.4. The van der Waals surface area contributed by atoms with Crippen molar-refractivity contribution in [3.63, 3.8) is 0 Å². The molecule has 1 aromatic carbocycles. The molecule has 2 aromatic rings. The van der Waals surface area contributed by atoms with Crippen molar-refractivity contribution in [2.75, 3.05) is 0 Å². The Balaban J connectivity index is 2.05. The van der Waals surface area contributed by atoms with Crippen LogP contribution in [0.4, 0.5) is 0 Å². The number of allylic oxidation sites excluding steroid dienone is 2. The molecule has 2 heterocycles. The second-order valence-corrected chi connectivity index (χ2v) is 5.31. The highest BCUT2D eigenvalue weighted by atomic mass is 35.5. The molecule has 0 atom stereocenters. The van der Waals surface area contributed by atoms with E-state index in [2.05, 4.69) is 4.98 Å². The average molecular weight is 259 g/mol. The van der Waals surface area contributed by atoms with Gasteiger partial charge in [0.2, 0.25) is 0 Å². The van der Waals surface area contributed by atoms with E-state index in [9.17, 15) is 4.79 Å². The van der Waals surface area contributed by atoms with Crippen LogP contribution >= 0.6 is 11.6 Å². The van der Waals surface area contributed by atoms with Gasteiger partial charge in [-0.15, -0.1) is 0 Å². The number of benzene rings is 1. The highest BCUT2D eigenvalue weighted by Gasteiger charge is 2.33. The van der Waals surface area contributed by atoms with E-state index in [4.69, 9.17) is 11.6 Å². The number of hydrogen-bond acceptors (Lipinski definition) is 2. The summed E-state index contributed by atoms with van der Waals surface area (Å²) in [7, 11) is 0. The first-order chi connectivity index (χ1) is 8.75. The Bertz CT molecular complexity index is 727. The summed E-state index contributed by atoms with van der Waals surface area (Å²) in [6, 6.07) is 5.51. The number of halogens is 1. The van der Waals surface area contributed by atoms with Gasteiger partial charge in [-0.05, 0) is 43.9 Å². The molecule has 0 spiro atoms. The summed E-state index contributed by atoms with van der Waals surface area (Å²) in [5.74, 6) is 0.941. The van der Waals surface area contributed by atoms with Gasteiger partial charge >= 0.3 is 0 Å². The maximum Gasteiger partial charge on any atom is 0.260 e. The van der Waals surface area contributed by atoms with E-state index in [1.165, 1.54) is 0 Å². The van der Waals surface area contributed by atoms with Gasteiger partial charge < -0.3 is 0 Å². The Morgan fingerprint density at radius 3 is 2.78 bits per heavy atom. The summed E-state index contributed by atoms with van der Waals surface area (Å²) >= 11 is 6.01. The smallest absolute Gasteiger partial charge is 0.260 e. The minimum Gasteiger partial charge on any atom is -0.269 e. The van der Waals surface area contributed by atoms with Crippen LogP contribution in [-0.2, 0) is 0 Å². The SMILES string of the molecule is O=C1C2=C(CCCC2)c2nc3ccc(Cl)cc3n21. The molecule has 0 N–H and O–H groups in total. The van der Waals surface area contributed by atoms with Crippen molar-refractivity contribution in [2.24, 2.45) is 0 Å². The molecule has 0 amide bonds. The Kier molecular flexibility index (Phi) is 1.98. The molecule has 4 rings (SSSR count). The van der Waals surface area contributed by atoms with Gasteiger partial charge in [0.1, 0.15) is 5.82 Å². The van der Waals surface area contributed by atoms with E-state index in [-0.39, 0.29) is 5.91 Å². The molecular formula is C14H11ClN2O. The zero-order chi connectivity index (χ0) is 12.3. The minimum atomic E-state index is 0.101. The third kappa shape index (κ3) is 1.20. The van der Waals surface area contributed by atoms with E-state index >= 15 is 0 Å². The molecule has 0 bridgehead atoms. The fraction of sp³-hybridized carbons (Fsp3) is 0.286. The minimum absolute atomic E-state index is 0.101. The largest absolute Gasteiger partial charge is 0.269 e. The highest BCUT2D eigenvalue weighted by Crippen LogP contribution is 2.39. The lowest BCUT2D eigenvalue weighted by atomic mass is 9.93. The van der Waals surface area contributed by atoms with Gasteiger partial charge in [-0.25, -0.2) is 4.98 Å². The second kappa shape index (κ2) is 3.45. The number of rotatable bonds is 0.